The zero-order valence-electron chi connectivity index (χ0n) is 10.4. The van der Waals surface area contributed by atoms with Crippen molar-refractivity contribution in [3.05, 3.63) is 52.7 Å². The Morgan fingerprint density at radius 1 is 1.15 bits per heavy atom. The molecule has 1 aromatic carbocycles. The molecule has 0 radical (unpaired) electrons. The van der Waals surface area contributed by atoms with Crippen LogP contribution in [0.1, 0.15) is 5.56 Å². The summed E-state index contributed by atoms with van der Waals surface area (Å²) < 4.78 is 0. The summed E-state index contributed by atoms with van der Waals surface area (Å²) in [6, 6.07) is 8.36. The zero-order valence-corrected chi connectivity index (χ0v) is 11.2. The van der Waals surface area contributed by atoms with Gasteiger partial charge in [0.1, 0.15) is 0 Å². The molecule has 6 heteroatoms. The highest BCUT2D eigenvalue weighted by Gasteiger charge is 2.03. The third-order valence-corrected chi connectivity index (χ3v) is 3.03. The van der Waals surface area contributed by atoms with E-state index >= 15 is 0 Å². The number of aliphatic carboxylic acids is 1. The van der Waals surface area contributed by atoms with Crippen LogP contribution in [-0.4, -0.2) is 17.1 Å². The van der Waals surface area contributed by atoms with Gasteiger partial charge in [-0.1, -0.05) is 12.1 Å². The molecule has 0 atom stereocenters. The lowest BCUT2D eigenvalue weighted by atomic mass is 10.2. The first-order valence-electron chi connectivity index (χ1n) is 5.75. The molecule has 0 saturated heterocycles. The summed E-state index contributed by atoms with van der Waals surface area (Å²) in [5, 5.41) is 17.6. The first-order valence-corrected chi connectivity index (χ1v) is 6.69. The van der Waals surface area contributed by atoms with Crippen molar-refractivity contribution in [2.75, 3.05) is 10.6 Å². The van der Waals surface area contributed by atoms with E-state index in [0.717, 1.165) is 11.8 Å². The molecule has 2 rings (SSSR count). The topological polar surface area (TPSA) is 78.4 Å². The second-order valence-corrected chi connectivity index (χ2v) is 4.67. The molecule has 0 aliphatic rings. The summed E-state index contributed by atoms with van der Waals surface area (Å²) in [6.07, 6.45) is 2.51. The molecule has 3 N–H and O–H groups in total. The maximum absolute atomic E-state index is 11.7. The van der Waals surface area contributed by atoms with Crippen molar-refractivity contribution in [3.63, 3.8) is 0 Å². The van der Waals surface area contributed by atoms with E-state index in [1.165, 1.54) is 17.4 Å². The monoisotopic (exact) mass is 288 g/mol. The Morgan fingerprint density at radius 2 is 1.95 bits per heavy atom. The molecule has 2 aromatic rings. The Morgan fingerprint density at radius 3 is 2.65 bits per heavy atom. The fourth-order valence-electron chi connectivity index (χ4n) is 1.52. The lowest BCUT2D eigenvalue weighted by molar-refractivity contribution is -0.131. The van der Waals surface area contributed by atoms with Crippen molar-refractivity contribution in [1.29, 1.82) is 0 Å². The minimum Gasteiger partial charge on any atom is -0.478 e. The van der Waals surface area contributed by atoms with Gasteiger partial charge >= 0.3 is 12.0 Å². The molecule has 0 bridgehead atoms. The summed E-state index contributed by atoms with van der Waals surface area (Å²) in [4.78, 5) is 22.2. The lowest BCUT2D eigenvalue weighted by Gasteiger charge is -2.06. The Kier molecular flexibility index (Phi) is 4.52. The average Bonchev–Trinajstić information content (AvgIpc) is 2.89. The molecule has 20 heavy (non-hydrogen) atoms. The zero-order chi connectivity index (χ0) is 14.4. The largest absolute Gasteiger partial charge is 0.478 e. The van der Waals surface area contributed by atoms with Crippen molar-refractivity contribution >= 4 is 40.8 Å². The molecule has 0 spiro atoms. The molecule has 0 aliphatic heterocycles. The number of carboxylic acids is 1. The number of benzene rings is 1. The third-order valence-electron chi connectivity index (χ3n) is 2.34. The van der Waals surface area contributed by atoms with Gasteiger partial charge in [0, 0.05) is 17.1 Å². The molecule has 1 heterocycles. The molecule has 1 aromatic heterocycles. The number of rotatable bonds is 4. The van der Waals surface area contributed by atoms with Crippen molar-refractivity contribution in [2.24, 2.45) is 0 Å². The van der Waals surface area contributed by atoms with Crippen molar-refractivity contribution in [1.82, 2.24) is 0 Å². The van der Waals surface area contributed by atoms with Gasteiger partial charge in [0.2, 0.25) is 0 Å². The minimum absolute atomic E-state index is 0.345. The summed E-state index contributed by atoms with van der Waals surface area (Å²) in [6.45, 7) is 0. The smallest absolute Gasteiger partial charge is 0.328 e. The molecule has 0 aliphatic carbocycles. The fraction of sp³-hybridized carbons (Fsp3) is 0. The van der Waals surface area contributed by atoms with Crippen LogP contribution in [0.5, 0.6) is 0 Å². The van der Waals surface area contributed by atoms with Crippen LogP contribution in [0, 0.1) is 0 Å². The lowest BCUT2D eigenvalue weighted by Crippen LogP contribution is -2.18. The molecule has 0 fully saturated rings. The van der Waals surface area contributed by atoms with Crippen molar-refractivity contribution in [2.45, 2.75) is 0 Å². The fourth-order valence-corrected chi connectivity index (χ4v) is 2.10. The van der Waals surface area contributed by atoms with E-state index in [-0.39, 0.29) is 6.03 Å². The number of nitrogens with one attached hydrogen (secondary N) is 2. The van der Waals surface area contributed by atoms with E-state index in [1.807, 2.05) is 10.8 Å². The van der Waals surface area contributed by atoms with Gasteiger partial charge in [-0.15, -0.1) is 0 Å². The van der Waals surface area contributed by atoms with E-state index in [9.17, 15) is 9.59 Å². The Labute approximate surface area is 119 Å². The number of carboxylic acid groups (broad SMARTS) is 1. The normalized spacial score (nSPS) is 10.4. The van der Waals surface area contributed by atoms with E-state index < -0.39 is 5.97 Å². The average molecular weight is 288 g/mol. The van der Waals surface area contributed by atoms with Crippen molar-refractivity contribution < 1.29 is 14.7 Å². The Bertz CT molecular complexity index is 636. The SMILES string of the molecule is O=C(O)/C=C/c1cccc(NC(=O)Nc2ccsc2)c1. The number of hydrogen-bond acceptors (Lipinski definition) is 3. The van der Waals surface area contributed by atoms with Crippen LogP contribution in [0.2, 0.25) is 0 Å². The summed E-state index contributed by atoms with van der Waals surface area (Å²) in [7, 11) is 0. The van der Waals surface area contributed by atoms with Gasteiger partial charge in [0.15, 0.2) is 0 Å². The molecule has 5 nitrogen and oxygen atoms in total. The highest BCUT2D eigenvalue weighted by molar-refractivity contribution is 7.08. The quantitative estimate of drug-likeness (QED) is 0.753. The third kappa shape index (κ3) is 4.25. The van der Waals surface area contributed by atoms with Crippen molar-refractivity contribution in [3.8, 4) is 0 Å². The van der Waals surface area contributed by atoms with Gasteiger partial charge in [0.25, 0.3) is 0 Å². The predicted molar refractivity (Wildman–Crippen MR) is 80.1 cm³/mol. The molecule has 0 unspecified atom stereocenters. The number of anilines is 2. The highest BCUT2D eigenvalue weighted by Crippen LogP contribution is 2.14. The van der Waals surface area contributed by atoms with Crippen LogP contribution in [0.4, 0.5) is 16.2 Å². The number of thiophene rings is 1. The van der Waals surface area contributed by atoms with Gasteiger partial charge in [-0.05, 0) is 35.2 Å². The maximum Gasteiger partial charge on any atom is 0.328 e. The van der Waals surface area contributed by atoms with Gasteiger partial charge in [0.05, 0.1) is 5.69 Å². The maximum atomic E-state index is 11.7. The van der Waals surface area contributed by atoms with Crippen LogP contribution in [0.3, 0.4) is 0 Å². The number of amides is 2. The van der Waals surface area contributed by atoms with E-state index in [4.69, 9.17) is 5.11 Å². The van der Waals surface area contributed by atoms with Crippen LogP contribution in [-0.2, 0) is 4.79 Å². The molecule has 102 valence electrons. The predicted octanol–water partition coefficient (Wildman–Crippen LogP) is 3.49. The second-order valence-electron chi connectivity index (χ2n) is 3.89. The van der Waals surface area contributed by atoms with E-state index in [2.05, 4.69) is 10.6 Å². The van der Waals surface area contributed by atoms with E-state index in [0.29, 0.717) is 11.3 Å². The number of carbonyl (C=O) groups is 2. The van der Waals surface area contributed by atoms with Gasteiger partial charge < -0.3 is 15.7 Å². The van der Waals surface area contributed by atoms with Crippen LogP contribution >= 0.6 is 11.3 Å². The molecule has 2 amide bonds. The number of hydrogen-bond donors (Lipinski definition) is 3. The molecular weight excluding hydrogens is 276 g/mol. The number of urea groups is 1. The molecular formula is C14H12N2O3S. The van der Waals surface area contributed by atoms with Crippen LogP contribution in [0.25, 0.3) is 6.08 Å². The first-order chi connectivity index (χ1) is 9.63. The summed E-state index contributed by atoms with van der Waals surface area (Å²) in [5.41, 5.74) is 2.01. The number of carbonyl (C=O) groups excluding carboxylic acids is 1. The van der Waals surface area contributed by atoms with Crippen LogP contribution < -0.4 is 10.6 Å². The Balaban J connectivity index is 2.00. The van der Waals surface area contributed by atoms with Gasteiger partial charge in [-0.25, -0.2) is 9.59 Å². The molecule has 0 saturated carbocycles. The summed E-state index contributed by atoms with van der Waals surface area (Å²) >= 11 is 1.49. The van der Waals surface area contributed by atoms with E-state index in [1.54, 1.807) is 30.3 Å². The first kappa shape index (κ1) is 13.8. The van der Waals surface area contributed by atoms with Crippen LogP contribution in [0.15, 0.2) is 47.2 Å². The van der Waals surface area contributed by atoms with Gasteiger partial charge in [-0.2, -0.15) is 11.3 Å². The minimum atomic E-state index is -1.02. The Hall–Kier alpha value is -2.60. The standard InChI is InChI=1S/C14H12N2O3S/c17-13(18)5-4-10-2-1-3-11(8-10)15-14(19)16-12-6-7-20-9-12/h1-9H,(H,17,18)(H2,15,16,19)/b5-4+. The van der Waals surface area contributed by atoms with Gasteiger partial charge in [-0.3, -0.25) is 0 Å². The second kappa shape index (κ2) is 6.53. The highest BCUT2D eigenvalue weighted by atomic mass is 32.1. The summed E-state index contributed by atoms with van der Waals surface area (Å²) in [5.74, 6) is -1.02.